The first-order valence-corrected chi connectivity index (χ1v) is 6.41. The molecule has 0 spiro atoms. The minimum Gasteiger partial charge on any atom is -0.394 e. The fourth-order valence-corrected chi connectivity index (χ4v) is 1.81. The number of amides is 1. The van der Waals surface area contributed by atoms with Crippen LogP contribution in [0.15, 0.2) is 36.7 Å². The van der Waals surface area contributed by atoms with Gasteiger partial charge in [0.25, 0.3) is 5.91 Å². The van der Waals surface area contributed by atoms with Crippen molar-refractivity contribution < 1.29 is 9.90 Å². The summed E-state index contributed by atoms with van der Waals surface area (Å²) in [7, 11) is 1.61. The predicted molar refractivity (Wildman–Crippen MR) is 76.5 cm³/mol. The molecule has 0 unspecified atom stereocenters. The second-order valence-electron chi connectivity index (χ2n) is 4.35. The molecule has 0 aliphatic carbocycles. The Hall–Kier alpha value is -2.34. The minimum atomic E-state index is -0.0955. The number of aromatic nitrogens is 2. The normalized spacial score (nSPS) is 10.3. The highest BCUT2D eigenvalue weighted by molar-refractivity contribution is 5.94. The van der Waals surface area contributed by atoms with E-state index in [4.69, 9.17) is 5.11 Å². The van der Waals surface area contributed by atoms with Gasteiger partial charge in [0.05, 0.1) is 19.3 Å². The maximum Gasteiger partial charge on any atom is 0.251 e. The first-order chi connectivity index (χ1) is 9.72. The second kappa shape index (κ2) is 6.72. The van der Waals surface area contributed by atoms with Gasteiger partial charge in [-0.25, -0.2) is 0 Å². The SMILES string of the molecule is CNC(=O)c1ccc(NCc2cnn(CCO)c2)cc1. The lowest BCUT2D eigenvalue weighted by Gasteiger charge is -2.06. The van der Waals surface area contributed by atoms with Crippen molar-refractivity contribution in [2.75, 3.05) is 19.0 Å². The molecule has 20 heavy (non-hydrogen) atoms. The Bertz CT molecular complexity index is 563. The van der Waals surface area contributed by atoms with E-state index in [0.29, 0.717) is 18.7 Å². The number of aliphatic hydroxyl groups is 1. The van der Waals surface area contributed by atoms with Gasteiger partial charge in [-0.2, -0.15) is 5.10 Å². The van der Waals surface area contributed by atoms with Gasteiger partial charge >= 0.3 is 0 Å². The van der Waals surface area contributed by atoms with Gasteiger partial charge in [-0.05, 0) is 24.3 Å². The highest BCUT2D eigenvalue weighted by Gasteiger charge is 2.02. The Kier molecular flexibility index (Phi) is 4.73. The van der Waals surface area contributed by atoms with E-state index < -0.39 is 0 Å². The molecule has 1 amide bonds. The first kappa shape index (κ1) is 14.1. The molecule has 0 radical (unpaired) electrons. The number of rotatable bonds is 6. The minimum absolute atomic E-state index is 0.0789. The van der Waals surface area contributed by atoms with Crippen LogP contribution in [0.2, 0.25) is 0 Å². The molecule has 0 atom stereocenters. The molecule has 0 fully saturated rings. The van der Waals surface area contributed by atoms with Crippen molar-refractivity contribution in [1.29, 1.82) is 0 Å². The van der Waals surface area contributed by atoms with Crippen LogP contribution in [0.3, 0.4) is 0 Å². The van der Waals surface area contributed by atoms with E-state index in [1.54, 1.807) is 30.1 Å². The summed E-state index contributed by atoms with van der Waals surface area (Å²) in [5, 5.41) is 18.8. The summed E-state index contributed by atoms with van der Waals surface area (Å²) in [6.07, 6.45) is 3.66. The molecule has 3 N–H and O–H groups in total. The monoisotopic (exact) mass is 274 g/mol. The summed E-state index contributed by atoms with van der Waals surface area (Å²) in [5.41, 5.74) is 2.61. The number of carbonyl (C=O) groups excluding carboxylic acids is 1. The molecule has 2 aromatic rings. The number of nitrogens with zero attached hydrogens (tertiary/aromatic N) is 2. The van der Waals surface area contributed by atoms with E-state index in [9.17, 15) is 4.79 Å². The Labute approximate surface area is 117 Å². The zero-order chi connectivity index (χ0) is 14.4. The van der Waals surface area contributed by atoms with Gasteiger partial charge < -0.3 is 15.7 Å². The number of aliphatic hydroxyl groups excluding tert-OH is 1. The quantitative estimate of drug-likeness (QED) is 0.729. The highest BCUT2D eigenvalue weighted by atomic mass is 16.3. The van der Waals surface area contributed by atoms with E-state index in [2.05, 4.69) is 15.7 Å². The summed E-state index contributed by atoms with van der Waals surface area (Å²) >= 11 is 0. The third-order valence-corrected chi connectivity index (χ3v) is 2.89. The number of nitrogens with one attached hydrogen (secondary N) is 2. The lowest BCUT2D eigenvalue weighted by molar-refractivity contribution is 0.0963. The van der Waals surface area contributed by atoms with Gasteiger partial charge in [-0.15, -0.1) is 0 Å². The fraction of sp³-hybridized carbons (Fsp3) is 0.286. The molecule has 0 saturated carbocycles. The maximum atomic E-state index is 11.4. The molecule has 0 saturated heterocycles. The van der Waals surface area contributed by atoms with Crippen LogP contribution in [0.4, 0.5) is 5.69 Å². The molecule has 6 heteroatoms. The van der Waals surface area contributed by atoms with Gasteiger partial charge in [-0.1, -0.05) is 0 Å². The van der Waals surface area contributed by atoms with Gasteiger partial charge in [0, 0.05) is 36.6 Å². The Morgan fingerprint density at radius 3 is 2.75 bits per heavy atom. The second-order valence-corrected chi connectivity index (χ2v) is 4.35. The van der Waals surface area contributed by atoms with Crippen LogP contribution in [-0.2, 0) is 13.1 Å². The third kappa shape index (κ3) is 3.58. The molecule has 1 aromatic heterocycles. The molecule has 0 aliphatic heterocycles. The molecule has 2 rings (SSSR count). The van der Waals surface area contributed by atoms with Gasteiger partial charge in [-0.3, -0.25) is 9.48 Å². The lowest BCUT2D eigenvalue weighted by Crippen LogP contribution is -2.17. The number of carbonyl (C=O) groups is 1. The fourth-order valence-electron chi connectivity index (χ4n) is 1.81. The molecule has 1 aromatic carbocycles. The molecule has 0 bridgehead atoms. The molecule has 6 nitrogen and oxygen atoms in total. The van der Waals surface area contributed by atoms with Crippen molar-refractivity contribution in [2.45, 2.75) is 13.1 Å². The van der Waals surface area contributed by atoms with Gasteiger partial charge in [0.1, 0.15) is 0 Å². The van der Waals surface area contributed by atoms with Crippen LogP contribution in [0.25, 0.3) is 0 Å². The van der Waals surface area contributed by atoms with Crippen LogP contribution < -0.4 is 10.6 Å². The van der Waals surface area contributed by atoms with Crippen LogP contribution >= 0.6 is 0 Å². The molecule has 0 aliphatic rings. The lowest BCUT2D eigenvalue weighted by atomic mass is 10.2. The summed E-state index contributed by atoms with van der Waals surface area (Å²) in [5.74, 6) is -0.0955. The largest absolute Gasteiger partial charge is 0.394 e. The Balaban J connectivity index is 1.91. The van der Waals surface area contributed by atoms with Crippen molar-refractivity contribution in [3.8, 4) is 0 Å². The van der Waals surface area contributed by atoms with E-state index in [0.717, 1.165) is 11.3 Å². The van der Waals surface area contributed by atoms with Crippen LogP contribution in [0.1, 0.15) is 15.9 Å². The standard InChI is InChI=1S/C14H18N4O2/c1-15-14(20)12-2-4-13(5-3-12)16-8-11-9-17-18(10-11)6-7-19/h2-5,9-10,16,19H,6-8H2,1H3,(H,15,20). The summed E-state index contributed by atoms with van der Waals surface area (Å²) < 4.78 is 1.70. The van der Waals surface area contributed by atoms with E-state index in [1.807, 2.05) is 18.3 Å². The first-order valence-electron chi connectivity index (χ1n) is 6.41. The number of anilines is 1. The number of benzene rings is 1. The van der Waals surface area contributed by atoms with Crippen molar-refractivity contribution in [3.63, 3.8) is 0 Å². The third-order valence-electron chi connectivity index (χ3n) is 2.89. The number of hydrogen-bond donors (Lipinski definition) is 3. The van der Waals surface area contributed by atoms with E-state index >= 15 is 0 Å². The average Bonchev–Trinajstić information content (AvgIpc) is 2.93. The van der Waals surface area contributed by atoms with Crippen molar-refractivity contribution in [1.82, 2.24) is 15.1 Å². The molecule has 106 valence electrons. The topological polar surface area (TPSA) is 79.2 Å². The van der Waals surface area contributed by atoms with Crippen molar-refractivity contribution >= 4 is 11.6 Å². The van der Waals surface area contributed by atoms with Crippen LogP contribution in [0.5, 0.6) is 0 Å². The van der Waals surface area contributed by atoms with E-state index in [1.165, 1.54) is 0 Å². The van der Waals surface area contributed by atoms with Gasteiger partial charge in [0.2, 0.25) is 0 Å². The van der Waals surface area contributed by atoms with Crippen LogP contribution in [-0.4, -0.2) is 34.4 Å². The number of hydrogen-bond acceptors (Lipinski definition) is 4. The maximum absolute atomic E-state index is 11.4. The summed E-state index contributed by atoms with van der Waals surface area (Å²) in [4.78, 5) is 11.4. The smallest absolute Gasteiger partial charge is 0.251 e. The zero-order valence-electron chi connectivity index (χ0n) is 11.3. The van der Waals surface area contributed by atoms with E-state index in [-0.39, 0.29) is 12.5 Å². The molecule has 1 heterocycles. The summed E-state index contributed by atoms with van der Waals surface area (Å²) in [6, 6.07) is 7.28. The van der Waals surface area contributed by atoms with Gasteiger partial charge in [0.15, 0.2) is 0 Å². The Morgan fingerprint density at radius 2 is 2.10 bits per heavy atom. The Morgan fingerprint density at radius 1 is 1.35 bits per heavy atom. The predicted octanol–water partition coefficient (Wildman–Crippen LogP) is 0.847. The zero-order valence-corrected chi connectivity index (χ0v) is 11.3. The van der Waals surface area contributed by atoms with Crippen molar-refractivity contribution in [2.24, 2.45) is 0 Å². The average molecular weight is 274 g/mol. The van der Waals surface area contributed by atoms with Crippen LogP contribution in [0, 0.1) is 0 Å². The molecular formula is C14H18N4O2. The molecular weight excluding hydrogens is 256 g/mol. The highest BCUT2D eigenvalue weighted by Crippen LogP contribution is 2.11. The summed E-state index contributed by atoms with van der Waals surface area (Å²) in [6.45, 7) is 1.22. The van der Waals surface area contributed by atoms with Crippen molar-refractivity contribution in [3.05, 3.63) is 47.8 Å².